The highest BCUT2D eigenvalue weighted by Crippen LogP contribution is 2.38. The van der Waals surface area contributed by atoms with Crippen LogP contribution in [0, 0.1) is 0 Å². The minimum Gasteiger partial charge on any atom is -0.423 e. The van der Waals surface area contributed by atoms with E-state index >= 15 is 0 Å². The summed E-state index contributed by atoms with van der Waals surface area (Å²) in [4.78, 5) is 0. The van der Waals surface area contributed by atoms with Crippen LogP contribution in [0.1, 0.15) is 24.8 Å². The van der Waals surface area contributed by atoms with Crippen molar-refractivity contribution in [1.82, 2.24) is 10.2 Å². The molecule has 108 valence electrons. The maximum absolute atomic E-state index is 5.74. The first-order valence-corrected chi connectivity index (χ1v) is 7.19. The van der Waals surface area contributed by atoms with Crippen LogP contribution in [-0.4, -0.2) is 29.2 Å². The zero-order valence-electron chi connectivity index (χ0n) is 11.6. The molecule has 0 bridgehead atoms. The van der Waals surface area contributed by atoms with E-state index in [2.05, 4.69) is 28.4 Å². The number of benzene rings is 1. The molecule has 0 radical (unpaired) electrons. The highest BCUT2D eigenvalue weighted by atomic mass is 16.7. The molecule has 4 rings (SSSR count). The van der Waals surface area contributed by atoms with Gasteiger partial charge in [-0.3, -0.25) is 0 Å². The van der Waals surface area contributed by atoms with Crippen LogP contribution in [0.2, 0.25) is 0 Å². The van der Waals surface area contributed by atoms with Crippen LogP contribution in [0.4, 0.5) is 0 Å². The number of aromatic nitrogens is 2. The minimum absolute atomic E-state index is 0.354. The SMILES string of the molecule is C1=C(c2ccc(-c3nnco3)cc2)CCC2(C1)OCCO2. The Morgan fingerprint density at radius 2 is 1.76 bits per heavy atom. The Bertz CT molecular complexity index is 641. The summed E-state index contributed by atoms with van der Waals surface area (Å²) in [6.07, 6.45) is 6.29. The first-order valence-electron chi connectivity index (χ1n) is 7.19. The normalized spacial score (nSPS) is 20.7. The lowest BCUT2D eigenvalue weighted by Crippen LogP contribution is -2.31. The van der Waals surface area contributed by atoms with E-state index in [1.807, 2.05) is 12.1 Å². The van der Waals surface area contributed by atoms with Gasteiger partial charge in [-0.1, -0.05) is 18.2 Å². The van der Waals surface area contributed by atoms with Crippen LogP contribution < -0.4 is 0 Å². The van der Waals surface area contributed by atoms with Crippen molar-refractivity contribution in [3.05, 3.63) is 42.3 Å². The molecule has 5 nitrogen and oxygen atoms in total. The van der Waals surface area contributed by atoms with Crippen molar-refractivity contribution in [2.24, 2.45) is 0 Å². The fraction of sp³-hybridized carbons (Fsp3) is 0.375. The van der Waals surface area contributed by atoms with E-state index in [0.717, 1.165) is 24.8 Å². The summed E-state index contributed by atoms with van der Waals surface area (Å²) in [6, 6.07) is 8.21. The monoisotopic (exact) mass is 284 g/mol. The molecule has 1 aromatic carbocycles. The van der Waals surface area contributed by atoms with Crippen LogP contribution in [0.15, 0.2) is 41.2 Å². The number of ether oxygens (including phenoxy) is 2. The van der Waals surface area contributed by atoms with Gasteiger partial charge in [-0.05, 0) is 29.7 Å². The van der Waals surface area contributed by atoms with Crippen LogP contribution in [0.5, 0.6) is 0 Å². The van der Waals surface area contributed by atoms with Crippen molar-refractivity contribution < 1.29 is 13.9 Å². The molecule has 1 aromatic heterocycles. The first kappa shape index (κ1) is 12.7. The molecular formula is C16H16N2O3. The second kappa shape index (κ2) is 5.09. The molecule has 1 aliphatic carbocycles. The van der Waals surface area contributed by atoms with Crippen molar-refractivity contribution in [3.8, 4) is 11.5 Å². The summed E-state index contributed by atoms with van der Waals surface area (Å²) in [5.41, 5.74) is 3.51. The van der Waals surface area contributed by atoms with Gasteiger partial charge in [0.05, 0.1) is 13.2 Å². The van der Waals surface area contributed by atoms with Crippen LogP contribution in [0.3, 0.4) is 0 Å². The molecule has 0 saturated carbocycles. The molecule has 0 atom stereocenters. The van der Waals surface area contributed by atoms with Crippen molar-refractivity contribution in [1.29, 1.82) is 0 Å². The number of allylic oxidation sites excluding steroid dienone is 1. The van der Waals surface area contributed by atoms with Gasteiger partial charge in [0.15, 0.2) is 5.79 Å². The van der Waals surface area contributed by atoms with Crippen molar-refractivity contribution in [2.75, 3.05) is 13.2 Å². The highest BCUT2D eigenvalue weighted by molar-refractivity contribution is 5.68. The minimum atomic E-state index is -0.354. The summed E-state index contributed by atoms with van der Waals surface area (Å²) >= 11 is 0. The molecule has 2 heterocycles. The highest BCUT2D eigenvalue weighted by Gasteiger charge is 2.37. The number of hydrogen-bond donors (Lipinski definition) is 0. The Hall–Kier alpha value is -1.98. The Balaban J connectivity index is 1.53. The fourth-order valence-electron chi connectivity index (χ4n) is 2.96. The van der Waals surface area contributed by atoms with Gasteiger partial charge >= 0.3 is 0 Å². The molecule has 1 aliphatic heterocycles. The van der Waals surface area contributed by atoms with E-state index in [1.165, 1.54) is 17.5 Å². The Kier molecular flexibility index (Phi) is 3.09. The third-order valence-corrected chi connectivity index (χ3v) is 4.11. The summed E-state index contributed by atoms with van der Waals surface area (Å²) in [5.74, 6) is 0.193. The predicted molar refractivity (Wildman–Crippen MR) is 76.2 cm³/mol. The standard InChI is InChI=1S/C16H16N2O3/c1-3-14(15-18-17-11-19-15)4-2-12(1)13-5-7-16(8-6-13)20-9-10-21-16/h1-5,11H,6-10H2. The van der Waals surface area contributed by atoms with Gasteiger partial charge in [0, 0.05) is 18.4 Å². The van der Waals surface area contributed by atoms with Gasteiger partial charge in [0.2, 0.25) is 12.3 Å². The first-order chi connectivity index (χ1) is 10.3. The number of rotatable bonds is 2. The predicted octanol–water partition coefficient (Wildman–Crippen LogP) is 3.05. The number of nitrogens with zero attached hydrogens (tertiary/aromatic N) is 2. The summed E-state index contributed by atoms with van der Waals surface area (Å²) in [6.45, 7) is 1.42. The van der Waals surface area contributed by atoms with Gasteiger partial charge < -0.3 is 13.9 Å². The fourth-order valence-corrected chi connectivity index (χ4v) is 2.96. The number of hydrogen-bond acceptors (Lipinski definition) is 5. The van der Waals surface area contributed by atoms with Crippen LogP contribution >= 0.6 is 0 Å². The van der Waals surface area contributed by atoms with Crippen LogP contribution in [-0.2, 0) is 9.47 Å². The lowest BCUT2D eigenvalue weighted by molar-refractivity contribution is -0.159. The summed E-state index contributed by atoms with van der Waals surface area (Å²) in [7, 11) is 0. The van der Waals surface area contributed by atoms with Gasteiger partial charge in [-0.15, -0.1) is 10.2 Å². The zero-order chi connectivity index (χ0) is 14.1. The zero-order valence-corrected chi connectivity index (χ0v) is 11.6. The smallest absolute Gasteiger partial charge is 0.247 e. The second-order valence-electron chi connectivity index (χ2n) is 5.36. The molecule has 0 unspecified atom stereocenters. The Morgan fingerprint density at radius 3 is 2.38 bits per heavy atom. The van der Waals surface area contributed by atoms with E-state index in [9.17, 15) is 0 Å². The third-order valence-electron chi connectivity index (χ3n) is 4.11. The molecule has 1 saturated heterocycles. The van der Waals surface area contributed by atoms with E-state index < -0.39 is 0 Å². The Morgan fingerprint density at radius 1 is 1.00 bits per heavy atom. The molecule has 0 N–H and O–H groups in total. The molecule has 0 amide bonds. The summed E-state index contributed by atoms with van der Waals surface area (Å²) in [5, 5.41) is 7.61. The summed E-state index contributed by atoms with van der Waals surface area (Å²) < 4.78 is 16.7. The van der Waals surface area contributed by atoms with Gasteiger partial charge in [0.1, 0.15) is 0 Å². The second-order valence-corrected chi connectivity index (χ2v) is 5.36. The average Bonchev–Trinajstić information content (AvgIpc) is 3.21. The maximum atomic E-state index is 5.74. The van der Waals surface area contributed by atoms with E-state index in [-0.39, 0.29) is 5.79 Å². The van der Waals surface area contributed by atoms with Gasteiger partial charge in [-0.25, -0.2) is 0 Å². The molecule has 21 heavy (non-hydrogen) atoms. The van der Waals surface area contributed by atoms with Crippen molar-refractivity contribution >= 4 is 5.57 Å². The molecule has 5 heteroatoms. The van der Waals surface area contributed by atoms with Crippen molar-refractivity contribution in [3.63, 3.8) is 0 Å². The molecule has 1 fully saturated rings. The van der Waals surface area contributed by atoms with E-state index in [1.54, 1.807) is 0 Å². The van der Waals surface area contributed by atoms with Crippen molar-refractivity contribution in [2.45, 2.75) is 25.0 Å². The third kappa shape index (κ3) is 2.39. The molecular weight excluding hydrogens is 268 g/mol. The topological polar surface area (TPSA) is 57.4 Å². The average molecular weight is 284 g/mol. The molecule has 2 aromatic rings. The molecule has 1 spiro atoms. The Labute approximate surface area is 122 Å². The quantitative estimate of drug-likeness (QED) is 0.848. The molecule has 2 aliphatic rings. The van der Waals surface area contributed by atoms with Crippen LogP contribution in [0.25, 0.3) is 17.0 Å². The van der Waals surface area contributed by atoms with E-state index in [0.29, 0.717) is 19.1 Å². The van der Waals surface area contributed by atoms with Gasteiger partial charge in [-0.2, -0.15) is 0 Å². The maximum Gasteiger partial charge on any atom is 0.247 e. The lowest BCUT2D eigenvalue weighted by Gasteiger charge is -2.30. The van der Waals surface area contributed by atoms with E-state index in [4.69, 9.17) is 13.9 Å². The van der Waals surface area contributed by atoms with Gasteiger partial charge in [0.25, 0.3) is 0 Å². The largest absolute Gasteiger partial charge is 0.423 e. The lowest BCUT2D eigenvalue weighted by atomic mass is 9.89.